The largest absolute Gasteiger partial charge is 0.508 e. The maximum Gasteiger partial charge on any atom is 0.205 e. The van der Waals surface area contributed by atoms with Gasteiger partial charge in [-0.05, 0) is 28.5 Å². The predicted molar refractivity (Wildman–Crippen MR) is 58.9 cm³/mol. The molecule has 0 fully saturated rings. The van der Waals surface area contributed by atoms with Gasteiger partial charge in [0.05, 0.1) is 5.75 Å². The zero-order chi connectivity index (χ0) is 10.6. The number of hydrogen-bond donors (Lipinski definition) is 1. The van der Waals surface area contributed by atoms with E-state index in [1.807, 2.05) is 0 Å². The molecule has 0 saturated carbocycles. The summed E-state index contributed by atoms with van der Waals surface area (Å²) >= 11 is 0. The van der Waals surface area contributed by atoms with Crippen LogP contribution in [0.1, 0.15) is 12.5 Å². The van der Waals surface area contributed by atoms with Gasteiger partial charge in [-0.25, -0.2) is 8.42 Å². The third-order valence-corrected chi connectivity index (χ3v) is 5.00. The normalized spacial score (nSPS) is 11.5. The number of hydrogen-bond acceptors (Lipinski definition) is 4. The molecule has 1 N–H and O–H groups in total. The maximum atomic E-state index is 11.4. The molecule has 0 amide bonds. The molecule has 0 bridgehead atoms. The van der Waals surface area contributed by atoms with Gasteiger partial charge in [0, 0.05) is 5.75 Å². The highest BCUT2D eigenvalue weighted by molar-refractivity contribution is 8.71. The average molecular weight is 232 g/mol. The molecule has 0 radical (unpaired) electrons. The predicted octanol–water partition coefficient (Wildman–Crippen LogP) is 1.98. The van der Waals surface area contributed by atoms with Gasteiger partial charge < -0.3 is 5.11 Å². The van der Waals surface area contributed by atoms with Crippen molar-refractivity contribution in [2.45, 2.75) is 12.7 Å². The molecule has 78 valence electrons. The van der Waals surface area contributed by atoms with Crippen LogP contribution in [-0.2, 0) is 14.6 Å². The lowest BCUT2D eigenvalue weighted by Crippen LogP contribution is -1.98. The van der Waals surface area contributed by atoms with Crippen molar-refractivity contribution < 1.29 is 13.5 Å². The molecule has 0 aromatic heterocycles. The van der Waals surface area contributed by atoms with Crippen molar-refractivity contribution in [3.63, 3.8) is 0 Å². The van der Waals surface area contributed by atoms with Crippen LogP contribution in [0.4, 0.5) is 0 Å². The van der Waals surface area contributed by atoms with Crippen molar-refractivity contribution in [2.75, 3.05) is 5.75 Å². The number of rotatable bonds is 4. The van der Waals surface area contributed by atoms with Crippen LogP contribution in [0.5, 0.6) is 5.75 Å². The molecule has 0 aliphatic carbocycles. The van der Waals surface area contributed by atoms with Crippen LogP contribution in [0, 0.1) is 0 Å². The van der Waals surface area contributed by atoms with Crippen molar-refractivity contribution >= 4 is 19.7 Å². The Morgan fingerprint density at radius 3 is 2.36 bits per heavy atom. The number of phenols is 1. The Morgan fingerprint density at radius 2 is 1.86 bits per heavy atom. The minimum absolute atomic E-state index is 0.0196. The summed E-state index contributed by atoms with van der Waals surface area (Å²) in [6.45, 7) is 1.80. The van der Waals surface area contributed by atoms with Crippen LogP contribution < -0.4 is 0 Å². The van der Waals surface area contributed by atoms with Gasteiger partial charge in [-0.2, -0.15) is 0 Å². The Labute approximate surface area is 87.5 Å². The molecule has 3 nitrogen and oxygen atoms in total. The SMILES string of the molecule is CCSS(=O)(=O)Cc1ccc(O)cc1. The standard InChI is InChI=1S/C9H12O3S2/c1-2-13-14(11,12)7-8-3-5-9(10)6-4-8/h3-6,10H,2,7H2,1H3. The molecule has 0 atom stereocenters. The summed E-state index contributed by atoms with van der Waals surface area (Å²) in [5, 5.41) is 9.00. The zero-order valence-corrected chi connectivity index (χ0v) is 9.44. The Morgan fingerprint density at radius 1 is 1.29 bits per heavy atom. The van der Waals surface area contributed by atoms with Crippen molar-refractivity contribution in [1.29, 1.82) is 0 Å². The molecule has 0 saturated heterocycles. The van der Waals surface area contributed by atoms with Crippen LogP contribution in [0.2, 0.25) is 0 Å². The number of aromatic hydroxyl groups is 1. The van der Waals surface area contributed by atoms with Crippen LogP contribution in [0.25, 0.3) is 0 Å². The van der Waals surface area contributed by atoms with E-state index < -0.39 is 8.87 Å². The second-order valence-corrected chi connectivity index (χ2v) is 7.22. The first-order chi connectivity index (χ1) is 6.53. The van der Waals surface area contributed by atoms with E-state index in [-0.39, 0.29) is 11.5 Å². The van der Waals surface area contributed by atoms with Gasteiger partial charge in [-0.3, -0.25) is 0 Å². The van der Waals surface area contributed by atoms with Gasteiger partial charge in [-0.1, -0.05) is 19.1 Å². The Balaban J connectivity index is 2.74. The molecular weight excluding hydrogens is 220 g/mol. The molecule has 5 heteroatoms. The van der Waals surface area contributed by atoms with E-state index in [9.17, 15) is 8.42 Å². The maximum absolute atomic E-state index is 11.4. The summed E-state index contributed by atoms with van der Waals surface area (Å²) in [5.74, 6) is 0.723. The van der Waals surface area contributed by atoms with Crippen molar-refractivity contribution in [1.82, 2.24) is 0 Å². The minimum Gasteiger partial charge on any atom is -0.508 e. The molecule has 1 aromatic rings. The summed E-state index contributed by atoms with van der Waals surface area (Å²) in [6, 6.07) is 6.20. The third-order valence-electron chi connectivity index (χ3n) is 1.58. The molecule has 0 aliphatic rings. The van der Waals surface area contributed by atoms with Gasteiger partial charge in [0.1, 0.15) is 5.75 Å². The second kappa shape index (κ2) is 4.70. The Hall–Kier alpha value is -0.680. The highest BCUT2D eigenvalue weighted by Crippen LogP contribution is 2.19. The average Bonchev–Trinajstić information content (AvgIpc) is 2.08. The molecular formula is C9H12O3S2. The molecule has 1 aromatic carbocycles. The van der Waals surface area contributed by atoms with Crippen LogP contribution in [0.15, 0.2) is 24.3 Å². The fraction of sp³-hybridized carbons (Fsp3) is 0.333. The van der Waals surface area contributed by atoms with Crippen molar-refractivity contribution in [3.05, 3.63) is 29.8 Å². The Kier molecular flexibility index (Phi) is 3.83. The summed E-state index contributed by atoms with van der Waals surface area (Å²) < 4.78 is 22.8. The fourth-order valence-electron chi connectivity index (χ4n) is 1.02. The molecule has 14 heavy (non-hydrogen) atoms. The third kappa shape index (κ3) is 3.59. The smallest absolute Gasteiger partial charge is 0.205 e. The zero-order valence-electron chi connectivity index (χ0n) is 7.80. The van der Waals surface area contributed by atoms with Crippen molar-refractivity contribution in [2.24, 2.45) is 0 Å². The van der Waals surface area contributed by atoms with Gasteiger partial charge in [-0.15, -0.1) is 0 Å². The van der Waals surface area contributed by atoms with Gasteiger partial charge in [0.25, 0.3) is 0 Å². The lowest BCUT2D eigenvalue weighted by atomic mass is 10.2. The summed E-state index contributed by atoms with van der Waals surface area (Å²) in [4.78, 5) is 0. The Bertz CT molecular complexity index is 381. The van der Waals surface area contributed by atoms with E-state index in [0.717, 1.165) is 10.8 Å². The van der Waals surface area contributed by atoms with E-state index in [2.05, 4.69) is 0 Å². The van der Waals surface area contributed by atoms with Crippen LogP contribution >= 0.6 is 10.8 Å². The minimum atomic E-state index is -3.06. The van der Waals surface area contributed by atoms with E-state index in [4.69, 9.17) is 5.11 Å². The second-order valence-electron chi connectivity index (χ2n) is 2.77. The summed E-state index contributed by atoms with van der Waals surface area (Å²) in [5.41, 5.74) is 0.698. The molecule has 0 heterocycles. The van der Waals surface area contributed by atoms with Gasteiger partial charge >= 0.3 is 0 Å². The number of phenolic OH excluding ortho intramolecular Hbond substituents is 1. The van der Waals surface area contributed by atoms with Gasteiger partial charge in [0.2, 0.25) is 8.87 Å². The topological polar surface area (TPSA) is 54.4 Å². The lowest BCUT2D eigenvalue weighted by molar-refractivity contribution is 0.475. The van der Waals surface area contributed by atoms with Crippen LogP contribution in [0.3, 0.4) is 0 Å². The van der Waals surface area contributed by atoms with Crippen molar-refractivity contribution in [3.8, 4) is 5.75 Å². The molecule has 0 aliphatic heterocycles. The number of benzene rings is 1. The first-order valence-electron chi connectivity index (χ1n) is 4.18. The molecule has 1 rings (SSSR count). The van der Waals surface area contributed by atoms with Crippen LogP contribution in [-0.4, -0.2) is 19.3 Å². The summed E-state index contributed by atoms with van der Waals surface area (Å²) in [6.07, 6.45) is 0. The quantitative estimate of drug-likeness (QED) is 0.806. The summed E-state index contributed by atoms with van der Waals surface area (Å²) in [7, 11) is -2.12. The molecule has 0 spiro atoms. The van der Waals surface area contributed by atoms with E-state index in [0.29, 0.717) is 11.3 Å². The van der Waals surface area contributed by atoms with E-state index >= 15 is 0 Å². The fourth-order valence-corrected chi connectivity index (χ4v) is 3.80. The van der Waals surface area contributed by atoms with E-state index in [1.165, 1.54) is 12.1 Å². The first kappa shape index (κ1) is 11.4. The van der Waals surface area contributed by atoms with E-state index in [1.54, 1.807) is 19.1 Å². The van der Waals surface area contributed by atoms with Gasteiger partial charge in [0.15, 0.2) is 0 Å². The highest BCUT2D eigenvalue weighted by atomic mass is 33.1. The lowest BCUT2D eigenvalue weighted by Gasteiger charge is -2.02. The molecule has 0 unspecified atom stereocenters. The monoisotopic (exact) mass is 232 g/mol. The highest BCUT2D eigenvalue weighted by Gasteiger charge is 2.10. The first-order valence-corrected chi connectivity index (χ1v) is 7.34.